The number of nitrogens with zero attached hydrogens (tertiary/aromatic N) is 3. The van der Waals surface area contributed by atoms with E-state index in [4.69, 9.17) is 4.74 Å². The Kier molecular flexibility index (Phi) is 9.34. The van der Waals surface area contributed by atoms with E-state index in [0.717, 1.165) is 43.5 Å². The lowest BCUT2D eigenvalue weighted by atomic mass is 10.2. The fraction of sp³-hybridized carbons (Fsp3) is 0.500. The van der Waals surface area contributed by atoms with Crippen LogP contribution in [0.5, 0.6) is 5.75 Å². The van der Waals surface area contributed by atoms with Gasteiger partial charge in [-0.25, -0.2) is 17.7 Å². The number of hydrogen-bond donors (Lipinski definition) is 2. The molecule has 2 N–H and O–H groups in total. The Morgan fingerprint density at radius 2 is 1.73 bits per heavy atom. The lowest BCUT2D eigenvalue weighted by molar-refractivity contribution is -0.121. The van der Waals surface area contributed by atoms with Crippen LogP contribution in [0.4, 0.5) is 11.5 Å². The van der Waals surface area contributed by atoms with Crippen molar-refractivity contribution in [2.75, 3.05) is 50.4 Å². The van der Waals surface area contributed by atoms with Gasteiger partial charge in [0, 0.05) is 26.2 Å². The third-order valence-electron chi connectivity index (χ3n) is 6.46. The van der Waals surface area contributed by atoms with Gasteiger partial charge in [0.15, 0.2) is 0 Å². The largest absolute Gasteiger partial charge is 0.491 e. The van der Waals surface area contributed by atoms with Crippen molar-refractivity contribution in [3.05, 3.63) is 48.2 Å². The summed E-state index contributed by atoms with van der Waals surface area (Å²) in [7, 11) is -3.40. The summed E-state index contributed by atoms with van der Waals surface area (Å²) in [6.07, 6.45) is 5.10. The molecule has 200 valence electrons. The van der Waals surface area contributed by atoms with Crippen molar-refractivity contribution in [2.45, 2.75) is 38.5 Å². The second-order valence-electron chi connectivity index (χ2n) is 9.29. The smallest absolute Gasteiger partial charge is 0.273 e. The topological polar surface area (TPSA) is 121 Å². The third-order valence-corrected chi connectivity index (χ3v) is 8.33. The molecule has 2 bridgehead atoms. The highest BCUT2D eigenvalue weighted by atomic mass is 32.2. The van der Waals surface area contributed by atoms with Gasteiger partial charge < -0.3 is 20.3 Å². The number of anilines is 2. The summed E-state index contributed by atoms with van der Waals surface area (Å²) in [5, 5.41) is 5.89. The maximum absolute atomic E-state index is 13.3. The minimum absolute atomic E-state index is 0.00804. The summed E-state index contributed by atoms with van der Waals surface area (Å²) in [6, 6.07) is 12.7. The van der Waals surface area contributed by atoms with Crippen LogP contribution >= 0.6 is 0 Å². The Morgan fingerprint density at radius 3 is 2.57 bits per heavy atom. The number of sulfonamides is 1. The van der Waals surface area contributed by atoms with E-state index in [1.54, 1.807) is 18.2 Å². The van der Waals surface area contributed by atoms with Gasteiger partial charge >= 0.3 is 0 Å². The number of aromatic nitrogens is 1. The van der Waals surface area contributed by atoms with E-state index < -0.39 is 15.9 Å². The highest BCUT2D eigenvalue weighted by Gasteiger charge is 2.24. The Morgan fingerprint density at radius 1 is 0.973 bits per heavy atom. The van der Waals surface area contributed by atoms with Crippen LogP contribution < -0.4 is 15.4 Å². The number of rotatable bonds is 6. The van der Waals surface area contributed by atoms with Crippen molar-refractivity contribution < 1.29 is 22.7 Å². The summed E-state index contributed by atoms with van der Waals surface area (Å²) in [4.78, 5) is 32.0. The number of ether oxygens (including phenoxy) is 1. The van der Waals surface area contributed by atoms with Gasteiger partial charge in [0.2, 0.25) is 15.9 Å². The van der Waals surface area contributed by atoms with Crippen LogP contribution in [0.2, 0.25) is 0 Å². The van der Waals surface area contributed by atoms with Crippen LogP contribution in [-0.2, 0) is 14.8 Å². The molecule has 2 amide bonds. The van der Waals surface area contributed by atoms with Gasteiger partial charge in [-0.15, -0.1) is 0 Å². The van der Waals surface area contributed by atoms with Crippen LogP contribution in [0.25, 0.3) is 0 Å². The molecule has 1 saturated heterocycles. The number of pyridine rings is 1. The van der Waals surface area contributed by atoms with Crippen LogP contribution in [-0.4, -0.2) is 79.5 Å². The van der Waals surface area contributed by atoms with Crippen LogP contribution in [0.15, 0.2) is 42.5 Å². The van der Waals surface area contributed by atoms with E-state index in [1.807, 2.05) is 24.3 Å². The molecular formula is C26H35N5O5S. The molecule has 11 heteroatoms. The summed E-state index contributed by atoms with van der Waals surface area (Å²) in [5.41, 5.74) is 0.980. The molecule has 37 heavy (non-hydrogen) atoms. The first-order chi connectivity index (χ1) is 17.9. The summed E-state index contributed by atoms with van der Waals surface area (Å²) >= 11 is 0. The quantitative estimate of drug-likeness (QED) is 0.590. The summed E-state index contributed by atoms with van der Waals surface area (Å²) in [6.45, 7) is 1.84. The lowest BCUT2D eigenvalue weighted by Crippen LogP contribution is -2.44. The highest BCUT2D eigenvalue weighted by molar-refractivity contribution is 7.89. The van der Waals surface area contributed by atoms with Gasteiger partial charge in [-0.05, 0) is 56.4 Å². The van der Waals surface area contributed by atoms with Gasteiger partial charge in [-0.3, -0.25) is 9.59 Å². The minimum Gasteiger partial charge on any atom is -0.491 e. The third kappa shape index (κ3) is 7.65. The van der Waals surface area contributed by atoms with E-state index in [-0.39, 0.29) is 30.4 Å². The van der Waals surface area contributed by atoms with Crippen LogP contribution in [0.1, 0.15) is 49.0 Å². The van der Waals surface area contributed by atoms with E-state index >= 15 is 0 Å². The first kappa shape index (κ1) is 26.9. The average molecular weight is 530 g/mol. The zero-order valence-corrected chi connectivity index (χ0v) is 21.8. The number of piperidine rings is 1. The molecule has 10 nitrogen and oxygen atoms in total. The number of amides is 2. The zero-order valence-electron chi connectivity index (χ0n) is 21.0. The molecular weight excluding hydrogens is 494 g/mol. The van der Waals surface area contributed by atoms with Gasteiger partial charge in [0.05, 0.1) is 24.6 Å². The fourth-order valence-electron chi connectivity index (χ4n) is 4.46. The number of carbonyl (C=O) groups excluding carboxylic acids is 2. The molecule has 0 saturated carbocycles. The number of nitrogens with one attached hydrogen (secondary N) is 2. The molecule has 4 rings (SSSR count). The van der Waals surface area contributed by atoms with Crippen molar-refractivity contribution in [1.29, 1.82) is 0 Å². The summed E-state index contributed by atoms with van der Waals surface area (Å²) in [5.74, 6) is 0.324. The van der Waals surface area contributed by atoms with Gasteiger partial charge in [0.25, 0.3) is 5.91 Å². The highest BCUT2D eigenvalue weighted by Crippen LogP contribution is 2.27. The number of fused-ring (bicyclic) bond motifs is 3. The van der Waals surface area contributed by atoms with Crippen molar-refractivity contribution in [3.63, 3.8) is 0 Å². The van der Waals surface area contributed by atoms with Crippen molar-refractivity contribution in [1.82, 2.24) is 19.5 Å². The van der Waals surface area contributed by atoms with E-state index in [1.165, 1.54) is 9.21 Å². The fourth-order valence-corrected chi connectivity index (χ4v) is 5.89. The van der Waals surface area contributed by atoms with E-state index in [9.17, 15) is 18.0 Å². The molecule has 0 atom stereocenters. The first-order valence-electron chi connectivity index (χ1n) is 12.9. The Bertz CT molecular complexity index is 1180. The molecule has 0 unspecified atom stereocenters. The van der Waals surface area contributed by atoms with Crippen LogP contribution in [0, 0.1) is 0 Å². The average Bonchev–Trinajstić information content (AvgIpc) is 2.90. The standard InChI is InChI=1S/C26H35N5O5S/c32-25(27-14-19-37(34,35)31-16-6-1-7-17-31)20-30-15-5-2-8-18-36-23-12-4-3-10-21(23)28-24-13-9-11-22(29-24)26(30)33/h3-4,9-13H,1-2,5-8,14-20H2,(H,27,32)(H,28,29). The molecule has 1 fully saturated rings. The number of hydrogen-bond acceptors (Lipinski definition) is 7. The Labute approximate surface area is 218 Å². The number of carbonyl (C=O) groups is 2. The van der Waals surface area contributed by atoms with Gasteiger partial charge in [-0.2, -0.15) is 0 Å². The van der Waals surface area contributed by atoms with E-state index in [2.05, 4.69) is 15.6 Å². The second-order valence-corrected chi connectivity index (χ2v) is 11.4. The first-order valence-corrected chi connectivity index (χ1v) is 14.5. The molecule has 0 aliphatic carbocycles. The van der Waals surface area contributed by atoms with Crippen LogP contribution in [0.3, 0.4) is 0 Å². The maximum atomic E-state index is 13.3. The van der Waals surface area contributed by atoms with Gasteiger partial charge in [0.1, 0.15) is 17.3 Å². The monoisotopic (exact) mass is 529 g/mol. The predicted octanol–water partition coefficient (Wildman–Crippen LogP) is 2.76. The molecule has 1 aromatic heterocycles. The molecule has 1 aromatic carbocycles. The predicted molar refractivity (Wildman–Crippen MR) is 141 cm³/mol. The maximum Gasteiger partial charge on any atom is 0.273 e. The molecule has 2 aromatic rings. The SMILES string of the molecule is O=C(CN1CCCCCOc2ccccc2Nc2cccc(n2)C1=O)NCCS(=O)(=O)N1CCCCC1. The molecule has 3 heterocycles. The molecule has 2 aliphatic heterocycles. The Hall–Kier alpha value is -3.18. The molecule has 2 aliphatic rings. The molecule has 0 spiro atoms. The number of benzene rings is 1. The van der Waals surface area contributed by atoms with Gasteiger partial charge in [-0.1, -0.05) is 24.6 Å². The normalized spacial score (nSPS) is 17.6. The second kappa shape index (κ2) is 12.9. The Balaban J connectivity index is 1.40. The summed E-state index contributed by atoms with van der Waals surface area (Å²) < 4.78 is 32.5. The molecule has 0 radical (unpaired) electrons. The lowest BCUT2D eigenvalue weighted by Gasteiger charge is -2.26. The van der Waals surface area contributed by atoms with Crippen molar-refractivity contribution in [3.8, 4) is 5.75 Å². The number of para-hydroxylation sites is 2. The van der Waals surface area contributed by atoms with Crippen molar-refractivity contribution in [2.24, 2.45) is 0 Å². The minimum atomic E-state index is -3.40. The van der Waals surface area contributed by atoms with E-state index in [0.29, 0.717) is 38.5 Å². The van der Waals surface area contributed by atoms with Crippen molar-refractivity contribution >= 4 is 33.3 Å². The zero-order chi connectivity index (χ0) is 26.1.